The largest absolute Gasteiger partial charge is 0.433 e. The molecular weight excluding hydrogens is 413 g/mol. The lowest BCUT2D eigenvalue weighted by molar-refractivity contribution is -0.140. The van der Waals surface area contributed by atoms with E-state index in [0.29, 0.717) is 21.7 Å². The van der Waals surface area contributed by atoms with Gasteiger partial charge in [-0.1, -0.05) is 18.2 Å². The minimum Gasteiger partial charge on any atom is -0.333 e. The topological polar surface area (TPSA) is 59.0 Å². The average molecular weight is 430 g/mol. The summed E-state index contributed by atoms with van der Waals surface area (Å²) in [5, 5.41) is 1.49. The number of alkyl halides is 3. The van der Waals surface area contributed by atoms with E-state index in [0.717, 1.165) is 34.0 Å². The number of carbonyl (C=O) groups is 1. The molecule has 0 aliphatic rings. The Bertz CT molecular complexity index is 1280. The zero-order valence-corrected chi connectivity index (χ0v) is 17.2. The predicted molar refractivity (Wildman–Crippen MR) is 109 cm³/mol. The molecule has 1 aromatic carbocycles. The summed E-state index contributed by atoms with van der Waals surface area (Å²) in [4.78, 5) is 27.7. The summed E-state index contributed by atoms with van der Waals surface area (Å²) in [6.07, 6.45) is -4.53. The van der Waals surface area contributed by atoms with Crippen LogP contribution in [0.5, 0.6) is 0 Å². The Morgan fingerprint density at radius 2 is 1.77 bits per heavy atom. The lowest BCUT2D eigenvalue weighted by atomic mass is 10.1. The number of pyridine rings is 1. The number of aryl methyl sites for hydroxylation is 2. The van der Waals surface area contributed by atoms with Crippen LogP contribution in [0.2, 0.25) is 0 Å². The zero-order valence-electron chi connectivity index (χ0n) is 16.4. The summed E-state index contributed by atoms with van der Waals surface area (Å²) in [5.41, 5.74) is 1.26. The van der Waals surface area contributed by atoms with E-state index in [2.05, 4.69) is 15.0 Å². The number of thiophene rings is 1. The van der Waals surface area contributed by atoms with Gasteiger partial charge in [0.1, 0.15) is 16.3 Å². The summed E-state index contributed by atoms with van der Waals surface area (Å²) in [7, 11) is 1.62. The fraction of sp³-hybridized carbons (Fsp3) is 0.238. The predicted octanol–water partition coefficient (Wildman–Crippen LogP) is 5.15. The van der Waals surface area contributed by atoms with Crippen LogP contribution in [-0.4, -0.2) is 32.8 Å². The van der Waals surface area contributed by atoms with E-state index in [1.165, 1.54) is 11.0 Å². The van der Waals surface area contributed by atoms with E-state index in [1.807, 2.05) is 31.2 Å². The van der Waals surface area contributed by atoms with Crippen LogP contribution in [0.1, 0.15) is 32.4 Å². The molecule has 0 spiro atoms. The molecule has 0 unspecified atom stereocenters. The number of amides is 1. The smallest absolute Gasteiger partial charge is 0.333 e. The van der Waals surface area contributed by atoms with Crippen molar-refractivity contribution in [3.8, 4) is 0 Å². The van der Waals surface area contributed by atoms with E-state index < -0.39 is 11.9 Å². The fourth-order valence-corrected chi connectivity index (χ4v) is 4.46. The Balaban J connectivity index is 1.64. The van der Waals surface area contributed by atoms with Gasteiger partial charge in [0.05, 0.1) is 16.9 Å². The second-order valence-electron chi connectivity index (χ2n) is 7.01. The first-order chi connectivity index (χ1) is 14.1. The summed E-state index contributed by atoms with van der Waals surface area (Å²) >= 11 is 0.964. The van der Waals surface area contributed by atoms with E-state index in [9.17, 15) is 18.0 Å². The number of hydrogen-bond donors (Lipinski definition) is 0. The van der Waals surface area contributed by atoms with Crippen molar-refractivity contribution < 1.29 is 18.0 Å². The van der Waals surface area contributed by atoms with Crippen LogP contribution in [0.3, 0.4) is 0 Å². The molecule has 30 heavy (non-hydrogen) atoms. The second-order valence-corrected chi connectivity index (χ2v) is 8.01. The first kappa shape index (κ1) is 20.2. The van der Waals surface area contributed by atoms with Crippen molar-refractivity contribution in [2.45, 2.75) is 26.6 Å². The molecule has 5 nitrogen and oxygen atoms in total. The van der Waals surface area contributed by atoms with Gasteiger partial charge in [0.25, 0.3) is 5.91 Å². The molecule has 0 bridgehead atoms. The van der Waals surface area contributed by atoms with Gasteiger partial charge in [-0.2, -0.15) is 13.2 Å². The molecule has 3 aromatic heterocycles. The van der Waals surface area contributed by atoms with Gasteiger partial charge in [-0.15, -0.1) is 11.3 Å². The van der Waals surface area contributed by atoms with Gasteiger partial charge in [-0.25, -0.2) is 15.0 Å². The maximum Gasteiger partial charge on any atom is 0.433 e. The molecule has 3 heterocycles. The summed E-state index contributed by atoms with van der Waals surface area (Å²) in [6.45, 7) is 3.78. The number of fused-ring (bicyclic) bond motifs is 2. The molecule has 0 N–H and O–H groups in total. The molecule has 0 aliphatic heterocycles. The number of nitrogens with zero attached hydrogens (tertiary/aromatic N) is 4. The molecule has 4 aromatic rings. The van der Waals surface area contributed by atoms with E-state index in [1.54, 1.807) is 14.0 Å². The highest BCUT2D eigenvalue weighted by Crippen LogP contribution is 2.34. The number of halogens is 3. The Labute approximate surface area is 174 Å². The lowest BCUT2D eigenvalue weighted by Gasteiger charge is -2.16. The Hall–Kier alpha value is -3.07. The molecule has 4 rings (SSSR count). The van der Waals surface area contributed by atoms with Crippen molar-refractivity contribution in [1.29, 1.82) is 0 Å². The van der Waals surface area contributed by atoms with Crippen molar-refractivity contribution in [3.05, 3.63) is 64.1 Å². The number of aromatic nitrogens is 3. The van der Waals surface area contributed by atoms with E-state index in [4.69, 9.17) is 0 Å². The molecule has 0 atom stereocenters. The van der Waals surface area contributed by atoms with E-state index >= 15 is 0 Å². The molecule has 0 aliphatic carbocycles. The molecule has 0 fully saturated rings. The average Bonchev–Trinajstić information content (AvgIpc) is 3.03. The van der Waals surface area contributed by atoms with Gasteiger partial charge in [0.2, 0.25) is 0 Å². The molecule has 1 amide bonds. The fourth-order valence-electron chi connectivity index (χ4n) is 3.28. The van der Waals surface area contributed by atoms with Crippen molar-refractivity contribution >= 4 is 38.4 Å². The van der Waals surface area contributed by atoms with Crippen LogP contribution in [0.25, 0.3) is 21.1 Å². The van der Waals surface area contributed by atoms with Gasteiger partial charge in [0, 0.05) is 23.5 Å². The second kappa shape index (κ2) is 7.32. The molecule has 0 radical (unpaired) electrons. The number of para-hydroxylation sites is 1. The van der Waals surface area contributed by atoms with Gasteiger partial charge < -0.3 is 4.90 Å². The van der Waals surface area contributed by atoms with E-state index in [-0.39, 0.29) is 17.3 Å². The molecule has 9 heteroatoms. The molecule has 0 saturated heterocycles. The standard InChI is InChI=1S/C21H17F3N4OS/c1-11-13-8-9-16(21(22,23)24)27-19(13)30-18(11)20(29)28(3)10-17-25-12(2)14-6-4-5-7-15(14)26-17/h4-9H,10H2,1-3H3. The minimum absolute atomic E-state index is 0.180. The number of rotatable bonds is 3. The Morgan fingerprint density at radius 1 is 1.03 bits per heavy atom. The normalized spacial score (nSPS) is 11.9. The number of benzene rings is 1. The van der Waals surface area contributed by atoms with Crippen LogP contribution < -0.4 is 0 Å². The first-order valence-corrected chi connectivity index (χ1v) is 9.92. The van der Waals surface area contributed by atoms with Gasteiger partial charge in [-0.3, -0.25) is 4.79 Å². The van der Waals surface area contributed by atoms with Gasteiger partial charge in [-0.05, 0) is 37.6 Å². The quantitative estimate of drug-likeness (QED) is 0.451. The SMILES string of the molecule is Cc1nc(CN(C)C(=O)c2sc3nc(C(F)(F)F)ccc3c2C)nc2ccccc12. The zero-order chi connectivity index (χ0) is 21.6. The lowest BCUT2D eigenvalue weighted by Crippen LogP contribution is -2.27. The monoisotopic (exact) mass is 430 g/mol. The Morgan fingerprint density at radius 3 is 2.50 bits per heavy atom. The van der Waals surface area contributed by atoms with Gasteiger partial charge >= 0.3 is 6.18 Å². The summed E-state index contributed by atoms with van der Waals surface area (Å²) in [6, 6.07) is 9.92. The Kier molecular flexibility index (Phi) is 4.93. The van der Waals surface area contributed by atoms with Crippen LogP contribution in [0.4, 0.5) is 13.2 Å². The summed E-state index contributed by atoms with van der Waals surface area (Å²) in [5.74, 6) is 0.191. The van der Waals surface area contributed by atoms with Crippen molar-refractivity contribution in [1.82, 2.24) is 19.9 Å². The highest BCUT2D eigenvalue weighted by Gasteiger charge is 2.33. The molecular formula is C21H17F3N4OS. The third-order valence-electron chi connectivity index (χ3n) is 4.85. The maximum atomic E-state index is 13.0. The van der Waals surface area contributed by atoms with Crippen LogP contribution in [-0.2, 0) is 12.7 Å². The van der Waals surface area contributed by atoms with Crippen molar-refractivity contribution in [3.63, 3.8) is 0 Å². The van der Waals surface area contributed by atoms with Crippen LogP contribution in [0, 0.1) is 13.8 Å². The van der Waals surface area contributed by atoms with Gasteiger partial charge in [0.15, 0.2) is 0 Å². The molecule has 154 valence electrons. The van der Waals surface area contributed by atoms with Crippen molar-refractivity contribution in [2.75, 3.05) is 7.05 Å². The highest BCUT2D eigenvalue weighted by atomic mass is 32.1. The number of carbonyl (C=O) groups excluding carboxylic acids is 1. The number of hydrogen-bond acceptors (Lipinski definition) is 5. The third-order valence-corrected chi connectivity index (χ3v) is 6.04. The maximum absolute atomic E-state index is 13.0. The minimum atomic E-state index is -4.53. The van der Waals surface area contributed by atoms with Crippen LogP contribution in [0.15, 0.2) is 36.4 Å². The van der Waals surface area contributed by atoms with Crippen LogP contribution >= 0.6 is 11.3 Å². The molecule has 0 saturated carbocycles. The highest BCUT2D eigenvalue weighted by molar-refractivity contribution is 7.20. The first-order valence-electron chi connectivity index (χ1n) is 9.10. The summed E-state index contributed by atoms with van der Waals surface area (Å²) < 4.78 is 38.8. The third kappa shape index (κ3) is 3.60. The van der Waals surface area contributed by atoms with Crippen molar-refractivity contribution in [2.24, 2.45) is 0 Å².